The molecule has 1 aromatic rings. The highest BCUT2D eigenvalue weighted by Gasteiger charge is 2.02. The van der Waals surface area contributed by atoms with Gasteiger partial charge in [0.1, 0.15) is 6.07 Å². The molecule has 1 rings (SSSR count). The van der Waals surface area contributed by atoms with Crippen molar-refractivity contribution in [2.24, 2.45) is 5.73 Å². The second-order valence-corrected chi connectivity index (χ2v) is 3.52. The molecule has 0 radical (unpaired) electrons. The Bertz CT molecular complexity index is 350. The number of rotatable bonds is 3. The SMILES string of the molecule is Cc1ccc(C#N)c(NCC(C)N)c1. The van der Waals surface area contributed by atoms with E-state index in [4.69, 9.17) is 11.0 Å². The smallest absolute Gasteiger partial charge is 0.101 e. The number of nitrogens with zero attached hydrogens (tertiary/aromatic N) is 1. The van der Waals surface area contributed by atoms with Gasteiger partial charge in [0, 0.05) is 12.6 Å². The molecular formula is C11H15N3. The first-order chi connectivity index (χ1) is 6.63. The average molecular weight is 189 g/mol. The Balaban J connectivity index is 2.84. The van der Waals surface area contributed by atoms with Crippen molar-refractivity contribution in [2.75, 3.05) is 11.9 Å². The van der Waals surface area contributed by atoms with Crippen molar-refractivity contribution < 1.29 is 0 Å². The molecule has 1 atom stereocenters. The standard InChI is InChI=1S/C11H15N3/c1-8-3-4-10(6-12)11(5-8)14-7-9(2)13/h3-5,9,14H,7,13H2,1-2H3. The van der Waals surface area contributed by atoms with Crippen LogP contribution in [0.2, 0.25) is 0 Å². The van der Waals surface area contributed by atoms with E-state index in [2.05, 4.69) is 11.4 Å². The zero-order chi connectivity index (χ0) is 10.6. The van der Waals surface area contributed by atoms with Crippen molar-refractivity contribution in [3.05, 3.63) is 29.3 Å². The molecule has 3 heteroatoms. The minimum Gasteiger partial charge on any atom is -0.382 e. The van der Waals surface area contributed by atoms with E-state index < -0.39 is 0 Å². The molecule has 1 aromatic carbocycles. The fraction of sp³-hybridized carbons (Fsp3) is 0.364. The van der Waals surface area contributed by atoms with Crippen molar-refractivity contribution in [1.82, 2.24) is 0 Å². The van der Waals surface area contributed by atoms with Crippen molar-refractivity contribution in [3.8, 4) is 6.07 Å². The van der Waals surface area contributed by atoms with Gasteiger partial charge >= 0.3 is 0 Å². The van der Waals surface area contributed by atoms with E-state index in [9.17, 15) is 0 Å². The molecule has 0 bridgehead atoms. The third-order valence-electron chi connectivity index (χ3n) is 1.91. The van der Waals surface area contributed by atoms with Crippen molar-refractivity contribution in [3.63, 3.8) is 0 Å². The van der Waals surface area contributed by atoms with Gasteiger partial charge in [-0.05, 0) is 31.5 Å². The Morgan fingerprint density at radius 2 is 2.29 bits per heavy atom. The van der Waals surface area contributed by atoms with Crippen LogP contribution in [-0.4, -0.2) is 12.6 Å². The molecular weight excluding hydrogens is 174 g/mol. The summed E-state index contributed by atoms with van der Waals surface area (Å²) in [7, 11) is 0. The largest absolute Gasteiger partial charge is 0.382 e. The molecule has 1 unspecified atom stereocenters. The lowest BCUT2D eigenvalue weighted by molar-refractivity contribution is 0.780. The van der Waals surface area contributed by atoms with Gasteiger partial charge < -0.3 is 11.1 Å². The van der Waals surface area contributed by atoms with Crippen LogP contribution in [0.15, 0.2) is 18.2 Å². The molecule has 0 saturated heterocycles. The first kappa shape index (κ1) is 10.6. The first-order valence-electron chi connectivity index (χ1n) is 4.63. The molecule has 0 aromatic heterocycles. The Hall–Kier alpha value is -1.53. The maximum Gasteiger partial charge on any atom is 0.101 e. The van der Waals surface area contributed by atoms with E-state index >= 15 is 0 Å². The quantitative estimate of drug-likeness (QED) is 0.759. The van der Waals surface area contributed by atoms with E-state index in [-0.39, 0.29) is 6.04 Å². The predicted octanol–water partition coefficient (Wildman–Crippen LogP) is 1.63. The van der Waals surface area contributed by atoms with Gasteiger partial charge in [0.15, 0.2) is 0 Å². The number of nitrogens with one attached hydrogen (secondary N) is 1. The van der Waals surface area contributed by atoms with Gasteiger partial charge in [-0.25, -0.2) is 0 Å². The minimum atomic E-state index is 0.0852. The van der Waals surface area contributed by atoms with Crippen LogP contribution in [0.25, 0.3) is 0 Å². The van der Waals surface area contributed by atoms with Gasteiger partial charge in [0.05, 0.1) is 11.3 Å². The molecule has 0 aliphatic carbocycles. The van der Waals surface area contributed by atoms with Crippen LogP contribution >= 0.6 is 0 Å². The Morgan fingerprint density at radius 1 is 1.57 bits per heavy atom. The number of hydrogen-bond donors (Lipinski definition) is 2. The molecule has 0 amide bonds. The summed E-state index contributed by atoms with van der Waals surface area (Å²) in [5.74, 6) is 0. The van der Waals surface area contributed by atoms with Gasteiger partial charge in [-0.1, -0.05) is 6.07 Å². The molecule has 0 spiro atoms. The number of nitriles is 1. The lowest BCUT2D eigenvalue weighted by Gasteiger charge is -2.10. The van der Waals surface area contributed by atoms with Gasteiger partial charge in [-0.2, -0.15) is 5.26 Å². The van der Waals surface area contributed by atoms with E-state index in [1.54, 1.807) is 0 Å². The lowest BCUT2D eigenvalue weighted by atomic mass is 10.1. The molecule has 0 aliphatic rings. The summed E-state index contributed by atoms with van der Waals surface area (Å²) < 4.78 is 0. The topological polar surface area (TPSA) is 61.8 Å². The predicted molar refractivity (Wildman–Crippen MR) is 58.0 cm³/mol. The summed E-state index contributed by atoms with van der Waals surface area (Å²) in [6, 6.07) is 7.93. The number of aryl methyl sites for hydroxylation is 1. The minimum absolute atomic E-state index is 0.0852. The number of anilines is 1. The summed E-state index contributed by atoms with van der Waals surface area (Å²) in [5, 5.41) is 12.0. The lowest BCUT2D eigenvalue weighted by Crippen LogP contribution is -2.25. The van der Waals surface area contributed by atoms with Crippen LogP contribution in [-0.2, 0) is 0 Å². The fourth-order valence-corrected chi connectivity index (χ4v) is 1.17. The van der Waals surface area contributed by atoms with Crippen molar-refractivity contribution >= 4 is 5.69 Å². The van der Waals surface area contributed by atoms with Crippen LogP contribution < -0.4 is 11.1 Å². The molecule has 0 heterocycles. The third-order valence-corrected chi connectivity index (χ3v) is 1.91. The monoisotopic (exact) mass is 189 g/mol. The van der Waals surface area contributed by atoms with Crippen LogP contribution in [0, 0.1) is 18.3 Å². The highest BCUT2D eigenvalue weighted by molar-refractivity contribution is 5.58. The second kappa shape index (κ2) is 4.64. The normalized spacial score (nSPS) is 11.9. The molecule has 3 N–H and O–H groups in total. The van der Waals surface area contributed by atoms with E-state index in [1.165, 1.54) is 0 Å². The van der Waals surface area contributed by atoms with Crippen LogP contribution in [0.5, 0.6) is 0 Å². The molecule has 74 valence electrons. The molecule has 14 heavy (non-hydrogen) atoms. The molecule has 0 aliphatic heterocycles. The highest BCUT2D eigenvalue weighted by Crippen LogP contribution is 2.16. The summed E-state index contributed by atoms with van der Waals surface area (Å²) in [6.07, 6.45) is 0. The van der Waals surface area contributed by atoms with Crippen LogP contribution in [0.3, 0.4) is 0 Å². The van der Waals surface area contributed by atoms with Gasteiger partial charge in [0.25, 0.3) is 0 Å². The first-order valence-corrected chi connectivity index (χ1v) is 4.63. The Labute approximate surface area is 84.5 Å². The number of benzene rings is 1. The Kier molecular flexibility index (Phi) is 3.49. The number of hydrogen-bond acceptors (Lipinski definition) is 3. The summed E-state index contributed by atoms with van der Waals surface area (Å²) in [5.41, 5.74) is 8.29. The fourth-order valence-electron chi connectivity index (χ4n) is 1.17. The van der Waals surface area contributed by atoms with Gasteiger partial charge in [0.2, 0.25) is 0 Å². The van der Waals surface area contributed by atoms with Crippen LogP contribution in [0.4, 0.5) is 5.69 Å². The summed E-state index contributed by atoms with van der Waals surface area (Å²) in [6.45, 7) is 4.60. The van der Waals surface area contributed by atoms with Crippen molar-refractivity contribution in [2.45, 2.75) is 19.9 Å². The molecule has 3 nitrogen and oxygen atoms in total. The third kappa shape index (κ3) is 2.75. The zero-order valence-corrected chi connectivity index (χ0v) is 8.54. The molecule has 0 saturated carbocycles. The van der Waals surface area contributed by atoms with Gasteiger partial charge in [-0.15, -0.1) is 0 Å². The van der Waals surface area contributed by atoms with E-state index in [0.717, 1.165) is 11.3 Å². The Morgan fingerprint density at radius 3 is 2.86 bits per heavy atom. The molecule has 0 fully saturated rings. The number of nitrogens with two attached hydrogens (primary N) is 1. The maximum absolute atomic E-state index is 8.85. The summed E-state index contributed by atoms with van der Waals surface area (Å²) in [4.78, 5) is 0. The van der Waals surface area contributed by atoms with Crippen LogP contribution in [0.1, 0.15) is 18.1 Å². The van der Waals surface area contributed by atoms with Gasteiger partial charge in [-0.3, -0.25) is 0 Å². The summed E-state index contributed by atoms with van der Waals surface area (Å²) >= 11 is 0. The van der Waals surface area contributed by atoms with E-state index in [1.807, 2.05) is 32.0 Å². The highest BCUT2D eigenvalue weighted by atomic mass is 14.9. The zero-order valence-electron chi connectivity index (χ0n) is 8.54. The average Bonchev–Trinajstić information content (AvgIpc) is 2.15. The second-order valence-electron chi connectivity index (χ2n) is 3.52. The van der Waals surface area contributed by atoms with Crippen molar-refractivity contribution in [1.29, 1.82) is 5.26 Å². The maximum atomic E-state index is 8.85. The van der Waals surface area contributed by atoms with E-state index in [0.29, 0.717) is 12.1 Å².